The van der Waals surface area contributed by atoms with E-state index in [4.69, 9.17) is 9.47 Å². The summed E-state index contributed by atoms with van der Waals surface area (Å²) in [5.74, 6) is -0.821. The van der Waals surface area contributed by atoms with Crippen molar-refractivity contribution in [2.24, 2.45) is 5.41 Å². The van der Waals surface area contributed by atoms with Crippen LogP contribution in [0.15, 0.2) is 12.2 Å². The number of hydrogen-bond acceptors (Lipinski definition) is 4. The zero-order valence-corrected chi connectivity index (χ0v) is 10.6. The fraction of sp³-hybridized carbons (Fsp3) is 0.692. The molecule has 0 heterocycles. The number of ether oxygens (including phenoxy) is 2. The first-order chi connectivity index (χ1) is 8.08. The van der Waals surface area contributed by atoms with E-state index in [2.05, 4.69) is 6.58 Å². The van der Waals surface area contributed by atoms with Crippen LogP contribution in [0.3, 0.4) is 0 Å². The molecule has 0 atom stereocenters. The highest BCUT2D eigenvalue weighted by molar-refractivity contribution is 5.97. The van der Waals surface area contributed by atoms with E-state index in [0.29, 0.717) is 19.4 Å². The van der Waals surface area contributed by atoms with Crippen LogP contribution in [0, 0.1) is 5.41 Å². The van der Waals surface area contributed by atoms with Gasteiger partial charge >= 0.3 is 11.9 Å². The highest BCUT2D eigenvalue weighted by Crippen LogP contribution is 2.45. The summed E-state index contributed by atoms with van der Waals surface area (Å²) in [7, 11) is 0. The van der Waals surface area contributed by atoms with Crippen molar-refractivity contribution < 1.29 is 19.1 Å². The lowest BCUT2D eigenvalue weighted by molar-refractivity contribution is -0.156. The van der Waals surface area contributed by atoms with Crippen LogP contribution in [0.25, 0.3) is 0 Å². The summed E-state index contributed by atoms with van der Waals surface area (Å²) in [5, 5.41) is 0. The van der Waals surface area contributed by atoms with Crippen LogP contribution in [0.1, 0.15) is 39.5 Å². The Bertz CT molecular complexity index is 313. The molecular weight excluding hydrogens is 220 g/mol. The SMILES string of the molecule is C=C(C(=O)OCC)C1(C(=O)OCC)CCCC1. The van der Waals surface area contributed by atoms with Crippen molar-refractivity contribution in [2.75, 3.05) is 13.2 Å². The molecular formula is C13H20O4. The summed E-state index contributed by atoms with van der Waals surface area (Å²) >= 11 is 0. The first-order valence-corrected chi connectivity index (χ1v) is 6.12. The fourth-order valence-electron chi connectivity index (χ4n) is 2.29. The largest absolute Gasteiger partial charge is 0.465 e. The Kier molecular flexibility index (Phi) is 4.73. The smallest absolute Gasteiger partial charge is 0.334 e. The maximum absolute atomic E-state index is 12.0. The van der Waals surface area contributed by atoms with Crippen LogP contribution in [-0.4, -0.2) is 25.2 Å². The lowest BCUT2D eigenvalue weighted by Gasteiger charge is -2.27. The average molecular weight is 240 g/mol. The molecule has 1 aliphatic carbocycles. The summed E-state index contributed by atoms with van der Waals surface area (Å²) in [6, 6.07) is 0. The van der Waals surface area contributed by atoms with Crippen LogP contribution in [0.4, 0.5) is 0 Å². The predicted molar refractivity (Wildman–Crippen MR) is 63.3 cm³/mol. The number of hydrogen-bond donors (Lipinski definition) is 0. The zero-order chi connectivity index (χ0) is 12.9. The number of esters is 2. The van der Waals surface area contributed by atoms with E-state index >= 15 is 0 Å². The van der Waals surface area contributed by atoms with Gasteiger partial charge in [-0.1, -0.05) is 19.4 Å². The van der Waals surface area contributed by atoms with Gasteiger partial charge in [0.2, 0.25) is 0 Å². The second-order valence-corrected chi connectivity index (χ2v) is 4.21. The Morgan fingerprint density at radius 2 is 1.65 bits per heavy atom. The van der Waals surface area contributed by atoms with Gasteiger partial charge in [-0.2, -0.15) is 0 Å². The number of rotatable bonds is 5. The van der Waals surface area contributed by atoms with Crippen LogP contribution in [0.5, 0.6) is 0 Å². The van der Waals surface area contributed by atoms with Crippen LogP contribution >= 0.6 is 0 Å². The van der Waals surface area contributed by atoms with Crippen molar-refractivity contribution >= 4 is 11.9 Å². The van der Waals surface area contributed by atoms with Gasteiger partial charge in [0.25, 0.3) is 0 Å². The molecule has 0 aromatic carbocycles. The second-order valence-electron chi connectivity index (χ2n) is 4.21. The van der Waals surface area contributed by atoms with Gasteiger partial charge in [-0.3, -0.25) is 4.79 Å². The summed E-state index contributed by atoms with van der Waals surface area (Å²) in [6.07, 6.45) is 3.08. The van der Waals surface area contributed by atoms with Gasteiger partial charge in [0, 0.05) is 5.57 Å². The van der Waals surface area contributed by atoms with Crippen molar-refractivity contribution in [2.45, 2.75) is 39.5 Å². The third-order valence-electron chi connectivity index (χ3n) is 3.22. The van der Waals surface area contributed by atoms with Crippen molar-refractivity contribution in [3.63, 3.8) is 0 Å². The molecule has 0 aromatic heterocycles. The molecule has 1 aliphatic rings. The number of carbonyl (C=O) groups is 2. The molecule has 0 N–H and O–H groups in total. The van der Waals surface area contributed by atoms with E-state index in [1.54, 1.807) is 13.8 Å². The highest BCUT2D eigenvalue weighted by atomic mass is 16.5. The summed E-state index contributed by atoms with van der Waals surface area (Å²) in [6.45, 7) is 7.85. The third kappa shape index (κ3) is 2.68. The molecule has 0 spiro atoms. The standard InChI is InChI=1S/C13H20O4/c1-4-16-11(14)10(3)13(8-6-7-9-13)12(15)17-5-2/h3-9H2,1-2H3. The molecule has 0 aliphatic heterocycles. The maximum Gasteiger partial charge on any atom is 0.334 e. The van der Waals surface area contributed by atoms with Crippen molar-refractivity contribution in [1.29, 1.82) is 0 Å². The molecule has 0 aromatic rings. The predicted octanol–water partition coefficient (Wildman–Crippen LogP) is 2.23. The van der Waals surface area contributed by atoms with Gasteiger partial charge in [0.15, 0.2) is 0 Å². The Morgan fingerprint density at radius 1 is 1.12 bits per heavy atom. The van der Waals surface area contributed by atoms with Gasteiger partial charge in [-0.15, -0.1) is 0 Å². The summed E-state index contributed by atoms with van der Waals surface area (Å²) in [5.41, 5.74) is -0.599. The molecule has 1 saturated carbocycles. The zero-order valence-electron chi connectivity index (χ0n) is 10.6. The van der Waals surface area contributed by atoms with Gasteiger partial charge in [0.1, 0.15) is 0 Å². The molecule has 4 nitrogen and oxygen atoms in total. The molecule has 17 heavy (non-hydrogen) atoms. The second kappa shape index (κ2) is 5.84. The van der Waals surface area contributed by atoms with Crippen LogP contribution < -0.4 is 0 Å². The van der Waals surface area contributed by atoms with Crippen LogP contribution in [-0.2, 0) is 19.1 Å². The van der Waals surface area contributed by atoms with Crippen molar-refractivity contribution in [1.82, 2.24) is 0 Å². The molecule has 0 saturated heterocycles. The van der Waals surface area contributed by atoms with Gasteiger partial charge in [-0.25, -0.2) is 4.79 Å². The summed E-state index contributed by atoms with van der Waals surface area (Å²) < 4.78 is 9.99. The monoisotopic (exact) mass is 240 g/mol. The first-order valence-electron chi connectivity index (χ1n) is 6.12. The van der Waals surface area contributed by atoms with E-state index in [1.807, 2.05) is 0 Å². The Hall–Kier alpha value is -1.32. The van der Waals surface area contributed by atoms with Gasteiger partial charge < -0.3 is 9.47 Å². The molecule has 1 fully saturated rings. The van der Waals surface area contributed by atoms with Crippen molar-refractivity contribution in [3.8, 4) is 0 Å². The molecule has 1 rings (SSSR count). The van der Waals surface area contributed by atoms with Gasteiger partial charge in [0.05, 0.1) is 18.6 Å². The Morgan fingerprint density at radius 3 is 2.12 bits per heavy atom. The Balaban J connectivity index is 2.88. The normalized spacial score (nSPS) is 17.5. The lowest BCUT2D eigenvalue weighted by atomic mass is 9.79. The number of carbonyl (C=O) groups excluding carboxylic acids is 2. The van der Waals surface area contributed by atoms with Crippen molar-refractivity contribution in [3.05, 3.63) is 12.2 Å². The summed E-state index contributed by atoms with van der Waals surface area (Å²) in [4.78, 5) is 23.7. The molecule has 96 valence electrons. The minimum Gasteiger partial charge on any atom is -0.465 e. The maximum atomic E-state index is 12.0. The molecule has 0 amide bonds. The average Bonchev–Trinajstić information content (AvgIpc) is 2.79. The minimum atomic E-state index is -0.845. The lowest BCUT2D eigenvalue weighted by Crippen LogP contribution is -2.35. The molecule has 0 unspecified atom stereocenters. The van der Waals surface area contributed by atoms with Crippen LogP contribution in [0.2, 0.25) is 0 Å². The molecule has 0 bridgehead atoms. The highest BCUT2D eigenvalue weighted by Gasteiger charge is 2.47. The van der Waals surface area contributed by atoms with Gasteiger partial charge in [-0.05, 0) is 26.7 Å². The first kappa shape index (κ1) is 13.7. The molecule has 0 radical (unpaired) electrons. The Labute approximate surface area is 102 Å². The molecule has 4 heteroatoms. The quantitative estimate of drug-likeness (QED) is 0.546. The third-order valence-corrected chi connectivity index (χ3v) is 3.22. The van der Waals surface area contributed by atoms with E-state index in [1.165, 1.54) is 0 Å². The van der Waals surface area contributed by atoms with E-state index < -0.39 is 11.4 Å². The van der Waals surface area contributed by atoms with E-state index in [9.17, 15) is 9.59 Å². The minimum absolute atomic E-state index is 0.246. The van der Waals surface area contributed by atoms with E-state index in [-0.39, 0.29) is 18.1 Å². The van der Waals surface area contributed by atoms with E-state index in [0.717, 1.165) is 12.8 Å². The fourth-order valence-corrected chi connectivity index (χ4v) is 2.29. The topological polar surface area (TPSA) is 52.6 Å².